The summed E-state index contributed by atoms with van der Waals surface area (Å²) in [6, 6.07) is -1.62. The van der Waals surface area contributed by atoms with Crippen LogP contribution in [0.1, 0.15) is 40.5 Å². The van der Waals surface area contributed by atoms with Crippen LogP contribution in [0.3, 0.4) is 0 Å². The maximum atomic E-state index is 12.2. The third-order valence-electron chi connectivity index (χ3n) is 2.92. The number of likely N-dealkylation sites (tertiary alicyclic amines) is 1. The molecular weight excluding hydrogens is 264 g/mol. The first-order valence-corrected chi connectivity index (χ1v) is 6.64. The van der Waals surface area contributed by atoms with E-state index in [-0.39, 0.29) is 0 Å². The predicted octanol–water partition coefficient (Wildman–Crippen LogP) is 0.975. The molecule has 2 amide bonds. The number of carbonyl (C=O) groups is 3. The van der Waals surface area contributed by atoms with Gasteiger partial charge in [-0.1, -0.05) is 0 Å². The SMILES string of the molecule is C[C@@H](NC(=O)OC(C)(C)C)C(=O)N1CCC[C@@H]1C(=O)O. The second kappa shape index (κ2) is 6.11. The lowest BCUT2D eigenvalue weighted by molar-refractivity contribution is -0.148. The van der Waals surface area contributed by atoms with Crippen molar-refractivity contribution < 1.29 is 24.2 Å². The molecule has 7 nitrogen and oxygen atoms in total. The van der Waals surface area contributed by atoms with Crippen LogP contribution in [-0.2, 0) is 14.3 Å². The van der Waals surface area contributed by atoms with E-state index in [0.717, 1.165) is 0 Å². The molecule has 1 fully saturated rings. The molecule has 0 aliphatic carbocycles. The summed E-state index contributed by atoms with van der Waals surface area (Å²) in [7, 11) is 0. The topological polar surface area (TPSA) is 95.9 Å². The summed E-state index contributed by atoms with van der Waals surface area (Å²) in [5.41, 5.74) is -0.649. The molecule has 0 spiro atoms. The smallest absolute Gasteiger partial charge is 0.408 e. The number of carboxylic acid groups (broad SMARTS) is 1. The fourth-order valence-corrected chi connectivity index (χ4v) is 2.08. The molecule has 1 rings (SSSR count). The highest BCUT2D eigenvalue weighted by atomic mass is 16.6. The van der Waals surface area contributed by atoms with Crippen molar-refractivity contribution >= 4 is 18.0 Å². The van der Waals surface area contributed by atoms with Gasteiger partial charge in [0.05, 0.1) is 0 Å². The molecule has 20 heavy (non-hydrogen) atoms. The van der Waals surface area contributed by atoms with Crippen molar-refractivity contribution in [2.45, 2.75) is 58.2 Å². The third-order valence-corrected chi connectivity index (χ3v) is 2.92. The van der Waals surface area contributed by atoms with E-state index in [9.17, 15) is 14.4 Å². The summed E-state index contributed by atoms with van der Waals surface area (Å²) in [5, 5.41) is 11.5. The molecule has 1 aliphatic rings. The number of carboxylic acids is 1. The van der Waals surface area contributed by atoms with E-state index in [1.807, 2.05) is 0 Å². The number of amides is 2. The number of carbonyl (C=O) groups excluding carboxylic acids is 2. The minimum absolute atomic E-state index is 0.399. The zero-order valence-corrected chi connectivity index (χ0v) is 12.3. The number of aliphatic carboxylic acids is 1. The second-order valence-electron chi connectivity index (χ2n) is 5.90. The standard InChI is InChI=1S/C13H22N2O5/c1-8(14-12(19)20-13(2,3)4)10(16)15-7-5-6-9(15)11(17)18/h8-9H,5-7H2,1-4H3,(H,14,19)(H,17,18)/t8-,9-/m1/s1. The molecule has 114 valence electrons. The maximum Gasteiger partial charge on any atom is 0.408 e. The Balaban J connectivity index is 2.59. The molecule has 0 unspecified atom stereocenters. The van der Waals surface area contributed by atoms with Gasteiger partial charge in [0.25, 0.3) is 0 Å². The summed E-state index contributed by atoms with van der Waals surface area (Å²) in [4.78, 5) is 36.1. The number of ether oxygens (including phenoxy) is 1. The van der Waals surface area contributed by atoms with E-state index in [1.54, 1.807) is 20.8 Å². The molecule has 0 aromatic heterocycles. The molecule has 0 aromatic rings. The van der Waals surface area contributed by atoms with Crippen molar-refractivity contribution in [3.05, 3.63) is 0 Å². The Kier molecular flexibility index (Phi) is 4.97. The first-order chi connectivity index (χ1) is 9.11. The molecule has 1 heterocycles. The fourth-order valence-electron chi connectivity index (χ4n) is 2.08. The van der Waals surface area contributed by atoms with Gasteiger partial charge in [-0.3, -0.25) is 4.79 Å². The van der Waals surface area contributed by atoms with Crippen LogP contribution in [0.4, 0.5) is 4.79 Å². The number of alkyl carbamates (subject to hydrolysis) is 1. The fraction of sp³-hybridized carbons (Fsp3) is 0.769. The molecule has 0 radical (unpaired) electrons. The van der Waals surface area contributed by atoms with Crippen LogP contribution in [-0.4, -0.2) is 52.2 Å². The lowest BCUT2D eigenvalue weighted by atomic mass is 10.2. The maximum absolute atomic E-state index is 12.2. The lowest BCUT2D eigenvalue weighted by Gasteiger charge is -2.26. The van der Waals surface area contributed by atoms with Gasteiger partial charge in [-0.2, -0.15) is 0 Å². The van der Waals surface area contributed by atoms with Crippen molar-refractivity contribution in [2.75, 3.05) is 6.54 Å². The number of nitrogens with zero attached hydrogens (tertiary/aromatic N) is 1. The van der Waals surface area contributed by atoms with Crippen LogP contribution in [0.2, 0.25) is 0 Å². The van der Waals surface area contributed by atoms with Gasteiger partial charge in [0.15, 0.2) is 0 Å². The van der Waals surface area contributed by atoms with Gasteiger partial charge in [0, 0.05) is 6.54 Å². The van der Waals surface area contributed by atoms with E-state index in [2.05, 4.69) is 5.32 Å². The first kappa shape index (κ1) is 16.3. The summed E-state index contributed by atoms with van der Waals surface area (Å²) in [5.74, 6) is -1.42. The van der Waals surface area contributed by atoms with E-state index >= 15 is 0 Å². The van der Waals surface area contributed by atoms with Crippen molar-refractivity contribution in [1.82, 2.24) is 10.2 Å². The van der Waals surface area contributed by atoms with Crippen molar-refractivity contribution in [2.24, 2.45) is 0 Å². The molecule has 2 atom stereocenters. The van der Waals surface area contributed by atoms with Gasteiger partial charge in [0.1, 0.15) is 17.7 Å². The van der Waals surface area contributed by atoms with Crippen LogP contribution in [0.25, 0.3) is 0 Å². The zero-order chi connectivity index (χ0) is 15.5. The molecule has 0 saturated carbocycles. The Morgan fingerprint density at radius 1 is 1.35 bits per heavy atom. The minimum atomic E-state index is -1.01. The van der Waals surface area contributed by atoms with Crippen LogP contribution < -0.4 is 5.32 Å². The Bertz CT molecular complexity index is 402. The molecule has 0 bridgehead atoms. The minimum Gasteiger partial charge on any atom is -0.480 e. The van der Waals surface area contributed by atoms with Gasteiger partial charge < -0.3 is 20.1 Å². The molecule has 2 N–H and O–H groups in total. The highest BCUT2D eigenvalue weighted by molar-refractivity contribution is 5.89. The Labute approximate surface area is 118 Å². The largest absolute Gasteiger partial charge is 0.480 e. The highest BCUT2D eigenvalue weighted by Crippen LogP contribution is 2.18. The van der Waals surface area contributed by atoms with Crippen LogP contribution in [0, 0.1) is 0 Å². The van der Waals surface area contributed by atoms with E-state index in [4.69, 9.17) is 9.84 Å². The van der Waals surface area contributed by atoms with E-state index < -0.39 is 35.7 Å². The summed E-state index contributed by atoms with van der Waals surface area (Å²) in [6.07, 6.45) is 0.409. The molecule has 0 aromatic carbocycles. The Morgan fingerprint density at radius 2 is 1.95 bits per heavy atom. The number of rotatable bonds is 3. The highest BCUT2D eigenvalue weighted by Gasteiger charge is 2.36. The summed E-state index contributed by atoms with van der Waals surface area (Å²) < 4.78 is 5.06. The van der Waals surface area contributed by atoms with Crippen LogP contribution in [0.5, 0.6) is 0 Å². The van der Waals surface area contributed by atoms with Gasteiger partial charge in [-0.15, -0.1) is 0 Å². The summed E-state index contributed by atoms with van der Waals surface area (Å²) >= 11 is 0. The number of hydrogen-bond donors (Lipinski definition) is 2. The van der Waals surface area contributed by atoms with Gasteiger partial charge in [-0.25, -0.2) is 9.59 Å². The van der Waals surface area contributed by atoms with E-state index in [1.165, 1.54) is 11.8 Å². The molecule has 7 heteroatoms. The van der Waals surface area contributed by atoms with Gasteiger partial charge in [0.2, 0.25) is 5.91 Å². The quantitative estimate of drug-likeness (QED) is 0.806. The molecule has 1 aliphatic heterocycles. The molecule has 1 saturated heterocycles. The predicted molar refractivity (Wildman–Crippen MR) is 71.2 cm³/mol. The van der Waals surface area contributed by atoms with E-state index in [0.29, 0.717) is 19.4 Å². The summed E-state index contributed by atoms with van der Waals surface area (Å²) in [6.45, 7) is 7.08. The van der Waals surface area contributed by atoms with Crippen LogP contribution >= 0.6 is 0 Å². The van der Waals surface area contributed by atoms with Gasteiger partial charge in [-0.05, 0) is 40.5 Å². The monoisotopic (exact) mass is 286 g/mol. The number of nitrogens with one attached hydrogen (secondary N) is 1. The second-order valence-corrected chi connectivity index (χ2v) is 5.90. The normalized spacial score (nSPS) is 20.4. The zero-order valence-electron chi connectivity index (χ0n) is 12.3. The van der Waals surface area contributed by atoms with Crippen molar-refractivity contribution in [1.29, 1.82) is 0 Å². The van der Waals surface area contributed by atoms with Gasteiger partial charge >= 0.3 is 12.1 Å². The third kappa shape index (κ3) is 4.40. The average molecular weight is 286 g/mol. The van der Waals surface area contributed by atoms with Crippen LogP contribution in [0.15, 0.2) is 0 Å². The average Bonchev–Trinajstić information content (AvgIpc) is 2.73. The first-order valence-electron chi connectivity index (χ1n) is 6.64. The number of hydrogen-bond acceptors (Lipinski definition) is 4. The van der Waals surface area contributed by atoms with Crippen molar-refractivity contribution in [3.63, 3.8) is 0 Å². The molecular formula is C13H22N2O5. The Hall–Kier alpha value is -1.79. The lowest BCUT2D eigenvalue weighted by Crippen LogP contribution is -2.51. The Morgan fingerprint density at radius 3 is 2.45 bits per heavy atom. The van der Waals surface area contributed by atoms with Crippen molar-refractivity contribution in [3.8, 4) is 0 Å².